The Balaban J connectivity index is 1.73. The summed E-state index contributed by atoms with van der Waals surface area (Å²) in [5.74, 6) is -2.72. The van der Waals surface area contributed by atoms with E-state index in [1.807, 2.05) is 0 Å². The highest BCUT2D eigenvalue weighted by molar-refractivity contribution is 7.93. The summed E-state index contributed by atoms with van der Waals surface area (Å²) in [4.78, 5) is 24.7. The van der Waals surface area contributed by atoms with Crippen molar-refractivity contribution in [1.82, 2.24) is 9.97 Å². The molecular formula is C23H21F2N5O3S. The van der Waals surface area contributed by atoms with Gasteiger partial charge in [0.2, 0.25) is 0 Å². The highest BCUT2D eigenvalue weighted by Gasteiger charge is 2.54. The number of nitrogens with zero attached hydrogens (tertiary/aromatic N) is 3. The summed E-state index contributed by atoms with van der Waals surface area (Å²) < 4.78 is 53.2. The molecule has 8 nitrogen and oxygen atoms in total. The van der Waals surface area contributed by atoms with Gasteiger partial charge in [0.1, 0.15) is 28.7 Å². The first-order chi connectivity index (χ1) is 16.0. The molecular weight excluding hydrogens is 464 g/mol. The minimum atomic E-state index is -4.00. The maximum atomic E-state index is 14.9. The van der Waals surface area contributed by atoms with E-state index in [-0.39, 0.29) is 28.5 Å². The van der Waals surface area contributed by atoms with Crippen LogP contribution < -0.4 is 11.1 Å². The Morgan fingerprint density at radius 3 is 2.47 bits per heavy atom. The Morgan fingerprint density at radius 2 is 1.85 bits per heavy atom. The minimum absolute atomic E-state index is 0.0490. The number of nitrogens with one attached hydrogen (secondary N) is 1. The molecule has 0 fully saturated rings. The molecule has 1 aliphatic heterocycles. The summed E-state index contributed by atoms with van der Waals surface area (Å²) in [5.41, 5.74) is 4.91. The Bertz CT molecular complexity index is 1400. The van der Waals surface area contributed by atoms with E-state index >= 15 is 0 Å². The van der Waals surface area contributed by atoms with Crippen molar-refractivity contribution in [2.45, 2.75) is 24.1 Å². The lowest BCUT2D eigenvalue weighted by molar-refractivity contribution is 0.102. The molecule has 3 heterocycles. The average molecular weight is 486 g/mol. The quantitative estimate of drug-likeness (QED) is 0.585. The molecule has 3 N–H and O–H groups in total. The smallest absolute Gasteiger partial charge is 0.274 e. The van der Waals surface area contributed by atoms with Crippen molar-refractivity contribution < 1.29 is 22.0 Å². The molecule has 0 aliphatic carbocycles. The first kappa shape index (κ1) is 23.4. The Labute approximate surface area is 194 Å². The van der Waals surface area contributed by atoms with Gasteiger partial charge in [-0.25, -0.2) is 22.2 Å². The lowest BCUT2D eigenvalue weighted by Crippen LogP contribution is -2.55. The summed E-state index contributed by atoms with van der Waals surface area (Å²) in [5, 5.41) is 2.55. The zero-order valence-electron chi connectivity index (χ0n) is 18.3. The second-order valence-corrected chi connectivity index (χ2v) is 10.6. The molecule has 1 aliphatic rings. The molecule has 3 aromatic rings. The molecule has 1 amide bonds. The van der Waals surface area contributed by atoms with Crippen LogP contribution in [0, 0.1) is 11.6 Å². The van der Waals surface area contributed by atoms with Crippen molar-refractivity contribution >= 4 is 27.3 Å². The maximum Gasteiger partial charge on any atom is 0.274 e. The number of rotatable bonds is 4. The van der Waals surface area contributed by atoms with Gasteiger partial charge in [-0.3, -0.25) is 14.8 Å². The zero-order valence-corrected chi connectivity index (χ0v) is 19.1. The van der Waals surface area contributed by atoms with Crippen LogP contribution >= 0.6 is 0 Å². The van der Waals surface area contributed by atoms with Crippen LogP contribution in [0.25, 0.3) is 0 Å². The molecule has 0 spiro atoms. The highest BCUT2D eigenvalue weighted by atomic mass is 32.2. The van der Waals surface area contributed by atoms with Crippen LogP contribution in [0.5, 0.6) is 0 Å². The molecule has 11 heteroatoms. The third-order valence-corrected chi connectivity index (χ3v) is 8.47. The van der Waals surface area contributed by atoms with Gasteiger partial charge in [0.25, 0.3) is 5.91 Å². The summed E-state index contributed by atoms with van der Waals surface area (Å²) in [6, 6.07) is 10.8. The van der Waals surface area contributed by atoms with Crippen molar-refractivity contribution in [3.05, 3.63) is 89.5 Å². The number of amidine groups is 1. The van der Waals surface area contributed by atoms with Gasteiger partial charge in [0.05, 0.1) is 17.6 Å². The number of carbonyl (C=O) groups is 1. The van der Waals surface area contributed by atoms with Crippen LogP contribution in [-0.4, -0.2) is 35.9 Å². The second kappa shape index (κ2) is 8.24. The van der Waals surface area contributed by atoms with Gasteiger partial charge in [-0.2, -0.15) is 0 Å². The van der Waals surface area contributed by atoms with Crippen molar-refractivity contribution in [3.63, 3.8) is 0 Å². The van der Waals surface area contributed by atoms with Gasteiger partial charge in [-0.05, 0) is 56.3 Å². The van der Waals surface area contributed by atoms with Crippen LogP contribution in [0.4, 0.5) is 14.5 Å². The van der Waals surface area contributed by atoms with Crippen molar-refractivity contribution in [2.75, 3.05) is 11.1 Å². The van der Waals surface area contributed by atoms with E-state index in [1.54, 1.807) is 18.2 Å². The standard InChI is InChI=1S/C23H21F2N5O3S/c1-22(13-34(32,33)23(2,21(26)30-22)19-5-3-4-10-27-19)16-11-15(7-8-17(16)25)29-20(31)18-9-6-14(24)12-28-18/h3-12H,13H2,1-2H3,(H2,26,30)(H,29,31)/t22-,23?/m0/s1. The molecule has 1 unspecified atom stereocenters. The second-order valence-electron chi connectivity index (χ2n) is 8.29. The summed E-state index contributed by atoms with van der Waals surface area (Å²) in [6.45, 7) is 2.88. The highest BCUT2D eigenvalue weighted by Crippen LogP contribution is 2.42. The Hall–Kier alpha value is -3.73. The topological polar surface area (TPSA) is 127 Å². The fraction of sp³-hybridized carbons (Fsp3) is 0.217. The average Bonchev–Trinajstić information content (AvgIpc) is 2.79. The molecule has 176 valence electrons. The number of aromatic nitrogens is 2. The molecule has 2 aromatic heterocycles. The zero-order chi connectivity index (χ0) is 24.7. The van der Waals surface area contributed by atoms with Gasteiger partial charge >= 0.3 is 0 Å². The number of benzene rings is 1. The van der Waals surface area contributed by atoms with Crippen molar-refractivity contribution in [2.24, 2.45) is 10.7 Å². The SMILES string of the molecule is CC1(c2ccccn2)C(N)=N[C@](C)(c2cc(NC(=O)c3ccc(F)cn3)ccc2F)CS1(=O)=O. The van der Waals surface area contributed by atoms with E-state index in [0.717, 1.165) is 18.3 Å². The van der Waals surface area contributed by atoms with Crippen LogP contribution in [-0.2, 0) is 20.1 Å². The van der Waals surface area contributed by atoms with Crippen LogP contribution in [0.15, 0.2) is 65.9 Å². The molecule has 1 aromatic carbocycles. The lowest BCUT2D eigenvalue weighted by atomic mass is 9.92. The number of carbonyl (C=O) groups excluding carboxylic acids is 1. The van der Waals surface area contributed by atoms with Crippen LogP contribution in [0.3, 0.4) is 0 Å². The molecule has 0 saturated carbocycles. The fourth-order valence-electron chi connectivity index (χ4n) is 3.87. The first-order valence-electron chi connectivity index (χ1n) is 10.2. The molecule has 34 heavy (non-hydrogen) atoms. The third kappa shape index (κ3) is 3.92. The molecule has 0 radical (unpaired) electrons. The third-order valence-electron chi connectivity index (χ3n) is 5.87. The first-order valence-corrected chi connectivity index (χ1v) is 11.8. The van der Waals surface area contributed by atoms with E-state index in [1.165, 1.54) is 38.2 Å². The van der Waals surface area contributed by atoms with Gasteiger partial charge < -0.3 is 11.1 Å². The predicted molar refractivity (Wildman–Crippen MR) is 123 cm³/mol. The number of hydrogen-bond donors (Lipinski definition) is 2. The number of anilines is 1. The number of hydrogen-bond acceptors (Lipinski definition) is 7. The number of sulfone groups is 1. The predicted octanol–water partition coefficient (Wildman–Crippen LogP) is 2.92. The number of nitrogens with two attached hydrogens (primary N) is 1. The molecule has 4 rings (SSSR count). The van der Waals surface area contributed by atoms with Crippen LogP contribution in [0.2, 0.25) is 0 Å². The van der Waals surface area contributed by atoms with Gasteiger partial charge in [-0.15, -0.1) is 0 Å². The number of halogens is 2. The normalized spacial score (nSPS) is 23.7. The summed E-state index contributed by atoms with van der Waals surface area (Å²) in [7, 11) is -4.00. The number of aliphatic imine (C=N–C) groups is 1. The van der Waals surface area contributed by atoms with E-state index < -0.39 is 43.4 Å². The Kier molecular flexibility index (Phi) is 5.68. The summed E-state index contributed by atoms with van der Waals surface area (Å²) >= 11 is 0. The number of amides is 1. The van der Waals surface area contributed by atoms with Gasteiger partial charge in [0.15, 0.2) is 14.6 Å². The van der Waals surface area contributed by atoms with Crippen molar-refractivity contribution in [1.29, 1.82) is 0 Å². The van der Waals surface area contributed by atoms with E-state index in [0.29, 0.717) is 0 Å². The maximum absolute atomic E-state index is 14.9. The van der Waals surface area contributed by atoms with E-state index in [2.05, 4.69) is 20.3 Å². The molecule has 0 saturated heterocycles. The molecule has 0 bridgehead atoms. The Morgan fingerprint density at radius 1 is 1.09 bits per heavy atom. The van der Waals surface area contributed by atoms with E-state index in [9.17, 15) is 22.0 Å². The summed E-state index contributed by atoms with van der Waals surface area (Å²) in [6.07, 6.45) is 2.36. The van der Waals surface area contributed by atoms with Gasteiger partial charge in [-0.1, -0.05) is 6.07 Å². The largest absolute Gasteiger partial charge is 0.386 e. The van der Waals surface area contributed by atoms with Crippen molar-refractivity contribution in [3.8, 4) is 0 Å². The molecule has 2 atom stereocenters. The lowest BCUT2D eigenvalue weighted by Gasteiger charge is -2.39. The number of pyridine rings is 2. The van der Waals surface area contributed by atoms with Crippen LogP contribution in [0.1, 0.15) is 35.6 Å². The van der Waals surface area contributed by atoms with Gasteiger partial charge in [0, 0.05) is 17.4 Å². The fourth-order valence-corrected chi connectivity index (χ4v) is 5.93. The van der Waals surface area contributed by atoms with E-state index in [4.69, 9.17) is 5.73 Å². The monoisotopic (exact) mass is 485 g/mol. The minimum Gasteiger partial charge on any atom is -0.386 e.